The maximum absolute atomic E-state index is 5.96. The van der Waals surface area contributed by atoms with Crippen molar-refractivity contribution in [3.63, 3.8) is 0 Å². The van der Waals surface area contributed by atoms with Crippen molar-refractivity contribution in [2.45, 2.75) is 58.8 Å². The summed E-state index contributed by atoms with van der Waals surface area (Å²) in [6.07, 6.45) is 10.0. The summed E-state index contributed by atoms with van der Waals surface area (Å²) in [4.78, 5) is 0. The van der Waals surface area contributed by atoms with E-state index in [4.69, 9.17) is 11.6 Å². The predicted octanol–water partition coefficient (Wildman–Crippen LogP) is 15.6. The number of allylic oxidation sites excluding steroid dienone is 4. The van der Waals surface area contributed by atoms with Gasteiger partial charge in [-0.3, -0.25) is 6.08 Å². The van der Waals surface area contributed by atoms with Crippen LogP contribution in [0.2, 0.25) is 5.02 Å². The Balaban J connectivity index is 0.000000172. The van der Waals surface area contributed by atoms with Crippen LogP contribution in [0.15, 0.2) is 176 Å². The van der Waals surface area contributed by atoms with Crippen LogP contribution in [0.3, 0.4) is 0 Å². The number of fused-ring (bicyclic) bond motifs is 4. The van der Waals surface area contributed by atoms with E-state index in [0.29, 0.717) is 0 Å². The molecule has 0 aromatic heterocycles. The van der Waals surface area contributed by atoms with Crippen LogP contribution in [0.5, 0.6) is 0 Å². The van der Waals surface area contributed by atoms with Crippen molar-refractivity contribution >= 4 is 47.1 Å². The van der Waals surface area contributed by atoms with Crippen molar-refractivity contribution in [3.8, 4) is 22.3 Å². The van der Waals surface area contributed by atoms with Crippen molar-refractivity contribution in [2.24, 2.45) is 0 Å². The van der Waals surface area contributed by atoms with Crippen molar-refractivity contribution in [1.82, 2.24) is 0 Å². The van der Waals surface area contributed by atoms with E-state index in [1.54, 1.807) is 0 Å². The molecule has 8 aromatic carbocycles. The van der Waals surface area contributed by atoms with Crippen molar-refractivity contribution in [3.05, 3.63) is 209 Å². The van der Waals surface area contributed by atoms with Gasteiger partial charge in [0.15, 0.2) is 0 Å². The summed E-state index contributed by atoms with van der Waals surface area (Å²) in [6.45, 7) is 13.9. The van der Waals surface area contributed by atoms with Gasteiger partial charge in [-0.05, 0) is 44.2 Å². The first-order chi connectivity index (χ1) is 27.4. The van der Waals surface area contributed by atoms with Crippen molar-refractivity contribution in [2.75, 3.05) is 0 Å². The first kappa shape index (κ1) is 40.4. The molecule has 1 aliphatic rings. The van der Waals surface area contributed by atoms with E-state index in [9.17, 15) is 0 Å². The molecule has 0 aliphatic heterocycles. The van der Waals surface area contributed by atoms with E-state index in [1.165, 1.54) is 104 Å². The topological polar surface area (TPSA) is 0 Å². The van der Waals surface area contributed by atoms with Crippen LogP contribution in [0.4, 0.5) is 0 Å². The Hall–Kier alpha value is -4.81. The minimum absolute atomic E-state index is 0.0554. The van der Waals surface area contributed by atoms with Gasteiger partial charge < -0.3 is 0 Å². The zero-order valence-electron chi connectivity index (χ0n) is 33.8. The molecule has 0 fully saturated rings. The van der Waals surface area contributed by atoms with Gasteiger partial charge in [-0.2, -0.15) is 6.08 Å². The molecule has 2 heteroatoms. The largest absolute Gasteiger partial charge is 0.273 e. The molecule has 0 saturated heterocycles. The monoisotopic (exact) mass is 834 g/mol. The summed E-state index contributed by atoms with van der Waals surface area (Å²) >= 11 is 7.37. The van der Waals surface area contributed by atoms with Crippen LogP contribution in [-0.4, -0.2) is 3.21 Å². The molecule has 0 amide bonds. The summed E-state index contributed by atoms with van der Waals surface area (Å²) in [5.41, 5.74) is 10.7. The summed E-state index contributed by atoms with van der Waals surface area (Å²) in [5.74, 6) is 0. The second-order valence-corrected chi connectivity index (χ2v) is 18.4. The van der Waals surface area contributed by atoms with Gasteiger partial charge in [-0.15, -0.1) is 46.2 Å². The van der Waals surface area contributed by atoms with Gasteiger partial charge in [0.2, 0.25) is 0 Å². The molecule has 8 aromatic rings. The van der Waals surface area contributed by atoms with E-state index < -0.39 is 0 Å². The Kier molecular flexibility index (Phi) is 12.3. The Morgan fingerprint density at radius 2 is 1.09 bits per heavy atom. The van der Waals surface area contributed by atoms with Crippen molar-refractivity contribution < 1.29 is 24.2 Å². The standard InChI is InChI=1S/C33H33.C17H11Cl.C5H5.Zr/c1-32(2,3)30-20-26-24(18-28(30)22-13-9-7-10-14-22)17-25-19-29(23-15-11-8-12-16-23)31(21-27(25)26)33(4,5)6;18-16-10-8-13(9-11-16)12-15-6-3-5-14-4-1-2-7-17(14)15;1-2-4-5-3-1;/h7-21H,1-6H3;1-11H;1-3H,4H2;/q-1;;-1;+2. The SMILES string of the molecule is CC(C)(C)c1cc2c(cc1-c1ccccc1)[cH-]c1cc(-c3ccccc3)c(C(C)(C)C)cc12.Clc1ccc([C](=[Zr+2])c2cccc3ccccc23)cc1.[C-]1=CC=CC1. The van der Waals surface area contributed by atoms with Gasteiger partial charge in [0, 0.05) is 0 Å². The summed E-state index contributed by atoms with van der Waals surface area (Å²) < 4.78 is 1.36. The molecule has 0 N–H and O–H groups in total. The van der Waals surface area contributed by atoms with E-state index in [2.05, 4.69) is 199 Å². The second kappa shape index (κ2) is 17.4. The zero-order chi connectivity index (χ0) is 40.2. The molecule has 9 rings (SSSR count). The van der Waals surface area contributed by atoms with Gasteiger partial charge in [-0.1, -0.05) is 114 Å². The summed E-state index contributed by atoms with van der Waals surface area (Å²) in [5, 5.41) is 8.74. The van der Waals surface area contributed by atoms with E-state index in [0.717, 1.165) is 11.4 Å². The molecule has 0 heterocycles. The molecule has 0 bridgehead atoms. The Labute approximate surface area is 359 Å². The van der Waals surface area contributed by atoms with E-state index in [-0.39, 0.29) is 10.8 Å². The second-order valence-electron chi connectivity index (χ2n) is 16.8. The molecule has 0 nitrogen and oxygen atoms in total. The minimum atomic E-state index is 0.0554. The first-order valence-corrected chi connectivity index (χ1v) is 21.4. The molecule has 0 spiro atoms. The Morgan fingerprint density at radius 1 is 0.579 bits per heavy atom. The third kappa shape index (κ3) is 9.34. The average molecular weight is 837 g/mol. The summed E-state index contributed by atoms with van der Waals surface area (Å²) in [7, 11) is 0. The minimum Gasteiger partial charge on any atom is -0.273 e. The first-order valence-electron chi connectivity index (χ1n) is 19.8. The fourth-order valence-corrected chi connectivity index (χ4v) is 8.69. The van der Waals surface area contributed by atoms with E-state index in [1.807, 2.05) is 24.3 Å². The van der Waals surface area contributed by atoms with Gasteiger partial charge in [0.1, 0.15) is 0 Å². The van der Waals surface area contributed by atoms with Crippen LogP contribution in [0.1, 0.15) is 70.2 Å². The molecule has 0 saturated carbocycles. The van der Waals surface area contributed by atoms with E-state index >= 15 is 0 Å². The normalized spacial score (nSPS) is 12.4. The molecule has 0 radical (unpaired) electrons. The van der Waals surface area contributed by atoms with Crippen molar-refractivity contribution in [1.29, 1.82) is 0 Å². The van der Waals surface area contributed by atoms with Crippen LogP contribution in [-0.2, 0) is 35.1 Å². The fraction of sp³-hybridized carbons (Fsp3) is 0.164. The molecular formula is C55H49ClZr. The Morgan fingerprint density at radius 3 is 1.56 bits per heavy atom. The van der Waals surface area contributed by atoms with Crippen LogP contribution in [0.25, 0.3) is 54.6 Å². The smallest absolute Gasteiger partial charge is 0.109 e. The quantitative estimate of drug-likeness (QED) is 0.155. The fourth-order valence-electron chi connectivity index (χ4n) is 7.62. The number of benzene rings is 7. The van der Waals surface area contributed by atoms with Gasteiger partial charge in [0.05, 0.1) is 0 Å². The molecular weight excluding hydrogens is 787 g/mol. The molecule has 57 heavy (non-hydrogen) atoms. The van der Waals surface area contributed by atoms with Crippen LogP contribution >= 0.6 is 11.6 Å². The summed E-state index contributed by atoms with van der Waals surface area (Å²) in [6, 6.07) is 56.8. The molecule has 1 aliphatic carbocycles. The number of rotatable bonds is 4. The maximum Gasteiger partial charge on any atom is -0.109 e. The molecule has 280 valence electrons. The number of halogens is 1. The van der Waals surface area contributed by atoms with Gasteiger partial charge in [0.25, 0.3) is 0 Å². The van der Waals surface area contributed by atoms with Crippen LogP contribution < -0.4 is 0 Å². The molecule has 0 unspecified atom stereocenters. The van der Waals surface area contributed by atoms with Crippen LogP contribution in [0, 0.1) is 6.08 Å². The molecule has 0 atom stereocenters. The average Bonchev–Trinajstić information content (AvgIpc) is 3.92. The van der Waals surface area contributed by atoms with Gasteiger partial charge >= 0.3 is 133 Å². The third-order valence-electron chi connectivity index (χ3n) is 10.5. The maximum atomic E-state index is 5.96. The Bertz CT molecular complexity index is 2590. The number of hydrogen-bond donors (Lipinski definition) is 0. The predicted molar refractivity (Wildman–Crippen MR) is 245 cm³/mol. The zero-order valence-corrected chi connectivity index (χ0v) is 37.0. The number of hydrogen-bond acceptors (Lipinski definition) is 0. The van der Waals surface area contributed by atoms with Gasteiger partial charge in [-0.25, -0.2) is 12.2 Å². The third-order valence-corrected chi connectivity index (χ3v) is 12.2.